The number of halogens is 1. The molecule has 1 aromatic carbocycles. The number of nitrogens with two attached hydrogens (primary N) is 1. The van der Waals surface area contributed by atoms with Gasteiger partial charge in [-0.05, 0) is 38.5 Å². The second-order valence-corrected chi connectivity index (χ2v) is 7.05. The van der Waals surface area contributed by atoms with Gasteiger partial charge in [-0.1, -0.05) is 28.1 Å². The minimum atomic E-state index is -0.972. The second-order valence-electron chi connectivity index (χ2n) is 6.13. The summed E-state index contributed by atoms with van der Waals surface area (Å²) < 4.78 is 0.986. The number of benzene rings is 1. The molecule has 0 spiro atoms. The number of piperazine rings is 1. The van der Waals surface area contributed by atoms with E-state index in [-0.39, 0.29) is 5.91 Å². The van der Waals surface area contributed by atoms with E-state index in [1.165, 1.54) is 0 Å². The first kappa shape index (κ1) is 16.5. The molecular formula is C16H24BrN3O. The van der Waals surface area contributed by atoms with E-state index < -0.39 is 5.54 Å². The van der Waals surface area contributed by atoms with Crippen LogP contribution in [0.2, 0.25) is 0 Å². The number of rotatable bonds is 3. The highest BCUT2D eigenvalue weighted by Crippen LogP contribution is 2.23. The molecule has 1 heterocycles. The maximum atomic E-state index is 12.8. The molecule has 116 valence electrons. The summed E-state index contributed by atoms with van der Waals surface area (Å²) >= 11 is 3.40. The monoisotopic (exact) mass is 353 g/mol. The summed E-state index contributed by atoms with van der Waals surface area (Å²) in [6, 6.07) is 8.19. The minimum Gasteiger partial charge on any atom is -0.338 e. The first-order chi connectivity index (χ1) is 9.82. The minimum absolute atomic E-state index is 0.00762. The van der Waals surface area contributed by atoms with Crippen molar-refractivity contribution in [1.82, 2.24) is 9.80 Å². The third-order valence-corrected chi connectivity index (χ3v) is 4.75. The Bertz CT molecular complexity index is 491. The molecule has 1 fully saturated rings. The largest absolute Gasteiger partial charge is 0.338 e. The van der Waals surface area contributed by atoms with E-state index in [1.54, 1.807) is 6.92 Å². The number of amides is 1. The van der Waals surface area contributed by atoms with Crippen molar-refractivity contribution in [3.8, 4) is 0 Å². The molecule has 0 saturated carbocycles. The van der Waals surface area contributed by atoms with Crippen LogP contribution in [0.3, 0.4) is 0 Å². The third-order valence-electron chi connectivity index (χ3n) is 4.22. The molecule has 0 radical (unpaired) electrons. The molecule has 21 heavy (non-hydrogen) atoms. The van der Waals surface area contributed by atoms with E-state index in [1.807, 2.05) is 29.2 Å². The molecule has 1 unspecified atom stereocenters. The molecule has 1 atom stereocenters. The van der Waals surface area contributed by atoms with Gasteiger partial charge in [0.1, 0.15) is 5.54 Å². The molecule has 0 bridgehead atoms. The van der Waals surface area contributed by atoms with Crippen molar-refractivity contribution in [2.75, 3.05) is 26.2 Å². The molecule has 2 rings (SSSR count). The third kappa shape index (κ3) is 3.65. The Morgan fingerprint density at radius 2 is 1.71 bits per heavy atom. The first-order valence-electron chi connectivity index (χ1n) is 7.40. The standard InChI is InChI=1S/C16H24BrN3O/c1-12(2)19-8-10-20(11-9-19)15(21)16(3,18)13-4-6-14(17)7-5-13/h4-7,12H,8-11,18H2,1-3H3. The van der Waals surface area contributed by atoms with E-state index in [4.69, 9.17) is 5.73 Å². The van der Waals surface area contributed by atoms with E-state index in [2.05, 4.69) is 34.7 Å². The molecule has 1 aliphatic rings. The van der Waals surface area contributed by atoms with Crippen molar-refractivity contribution >= 4 is 21.8 Å². The fraction of sp³-hybridized carbons (Fsp3) is 0.562. The number of nitrogens with zero attached hydrogens (tertiary/aromatic N) is 2. The van der Waals surface area contributed by atoms with Crippen LogP contribution < -0.4 is 5.73 Å². The predicted octanol–water partition coefficient (Wildman–Crippen LogP) is 2.18. The summed E-state index contributed by atoms with van der Waals surface area (Å²) in [7, 11) is 0. The lowest BCUT2D eigenvalue weighted by Crippen LogP contribution is -2.57. The van der Waals surface area contributed by atoms with E-state index in [0.29, 0.717) is 6.04 Å². The Hall–Kier alpha value is -0.910. The maximum Gasteiger partial charge on any atom is 0.247 e. The Kier molecular flexibility index (Phi) is 5.07. The molecule has 4 nitrogen and oxygen atoms in total. The lowest BCUT2D eigenvalue weighted by Gasteiger charge is -2.40. The Morgan fingerprint density at radius 1 is 1.19 bits per heavy atom. The molecule has 1 aromatic rings. The second kappa shape index (κ2) is 6.46. The van der Waals surface area contributed by atoms with Crippen LogP contribution in [0, 0.1) is 0 Å². The number of hydrogen-bond donors (Lipinski definition) is 1. The number of carbonyl (C=O) groups excluding carboxylic acids is 1. The zero-order chi connectivity index (χ0) is 15.6. The summed E-state index contributed by atoms with van der Waals surface area (Å²) in [6.45, 7) is 9.51. The van der Waals surface area contributed by atoms with Gasteiger partial charge in [-0.15, -0.1) is 0 Å². The Morgan fingerprint density at radius 3 is 2.19 bits per heavy atom. The molecule has 1 aliphatic heterocycles. The average molecular weight is 354 g/mol. The lowest BCUT2D eigenvalue weighted by atomic mass is 9.91. The van der Waals surface area contributed by atoms with E-state index in [9.17, 15) is 4.79 Å². The van der Waals surface area contributed by atoms with Gasteiger partial charge < -0.3 is 10.6 Å². The van der Waals surface area contributed by atoms with Crippen molar-refractivity contribution in [3.63, 3.8) is 0 Å². The Balaban J connectivity index is 2.07. The highest BCUT2D eigenvalue weighted by molar-refractivity contribution is 9.10. The fourth-order valence-corrected chi connectivity index (χ4v) is 2.95. The van der Waals surface area contributed by atoms with Gasteiger partial charge in [0.25, 0.3) is 0 Å². The van der Waals surface area contributed by atoms with Gasteiger partial charge in [-0.2, -0.15) is 0 Å². The molecule has 1 saturated heterocycles. The molecule has 0 aliphatic carbocycles. The van der Waals surface area contributed by atoms with Crippen LogP contribution >= 0.6 is 15.9 Å². The quantitative estimate of drug-likeness (QED) is 0.905. The lowest BCUT2D eigenvalue weighted by molar-refractivity contribution is -0.138. The summed E-state index contributed by atoms with van der Waals surface area (Å²) in [4.78, 5) is 17.0. The molecule has 1 amide bonds. The van der Waals surface area contributed by atoms with Gasteiger partial charge >= 0.3 is 0 Å². The highest BCUT2D eigenvalue weighted by atomic mass is 79.9. The van der Waals surface area contributed by atoms with Gasteiger partial charge in [-0.25, -0.2) is 0 Å². The average Bonchev–Trinajstić information content (AvgIpc) is 2.47. The van der Waals surface area contributed by atoms with E-state index in [0.717, 1.165) is 36.2 Å². The van der Waals surface area contributed by atoms with Crippen molar-refractivity contribution < 1.29 is 4.79 Å². The van der Waals surface area contributed by atoms with Crippen molar-refractivity contribution in [3.05, 3.63) is 34.3 Å². The van der Waals surface area contributed by atoms with Gasteiger partial charge in [0, 0.05) is 36.7 Å². The van der Waals surface area contributed by atoms with E-state index >= 15 is 0 Å². The van der Waals surface area contributed by atoms with Crippen LogP contribution in [-0.4, -0.2) is 47.9 Å². The molecular weight excluding hydrogens is 330 g/mol. The molecule has 5 heteroatoms. The van der Waals surface area contributed by atoms with Crippen LogP contribution in [0.25, 0.3) is 0 Å². The van der Waals surface area contributed by atoms with Gasteiger partial charge in [0.2, 0.25) is 5.91 Å². The zero-order valence-corrected chi connectivity index (χ0v) is 14.6. The van der Waals surface area contributed by atoms with Gasteiger partial charge in [-0.3, -0.25) is 9.69 Å². The van der Waals surface area contributed by atoms with Gasteiger partial charge in [0.05, 0.1) is 0 Å². The van der Waals surface area contributed by atoms with Crippen LogP contribution in [0.15, 0.2) is 28.7 Å². The first-order valence-corrected chi connectivity index (χ1v) is 8.20. The zero-order valence-electron chi connectivity index (χ0n) is 13.0. The van der Waals surface area contributed by atoms with Crippen LogP contribution in [0.1, 0.15) is 26.3 Å². The highest BCUT2D eigenvalue weighted by Gasteiger charge is 2.35. The van der Waals surface area contributed by atoms with Crippen molar-refractivity contribution in [1.29, 1.82) is 0 Å². The Labute approximate surface area is 135 Å². The van der Waals surface area contributed by atoms with Crippen LogP contribution in [-0.2, 0) is 10.3 Å². The summed E-state index contributed by atoms with van der Waals surface area (Å²) in [5.74, 6) is 0.00762. The van der Waals surface area contributed by atoms with Crippen LogP contribution in [0.4, 0.5) is 0 Å². The topological polar surface area (TPSA) is 49.6 Å². The fourth-order valence-electron chi connectivity index (χ4n) is 2.69. The summed E-state index contributed by atoms with van der Waals surface area (Å²) in [6.07, 6.45) is 0. The summed E-state index contributed by atoms with van der Waals surface area (Å²) in [5.41, 5.74) is 6.21. The van der Waals surface area contributed by atoms with Crippen LogP contribution in [0.5, 0.6) is 0 Å². The normalized spacial score (nSPS) is 19.6. The molecule has 2 N–H and O–H groups in total. The smallest absolute Gasteiger partial charge is 0.247 e. The summed E-state index contributed by atoms with van der Waals surface area (Å²) in [5, 5.41) is 0. The molecule has 0 aromatic heterocycles. The predicted molar refractivity (Wildman–Crippen MR) is 89.0 cm³/mol. The van der Waals surface area contributed by atoms with Crippen molar-refractivity contribution in [2.45, 2.75) is 32.4 Å². The number of hydrogen-bond acceptors (Lipinski definition) is 3. The SMILES string of the molecule is CC(C)N1CCN(C(=O)C(C)(N)c2ccc(Br)cc2)CC1. The number of carbonyl (C=O) groups is 1. The van der Waals surface area contributed by atoms with Gasteiger partial charge in [0.15, 0.2) is 0 Å². The maximum absolute atomic E-state index is 12.8. The van der Waals surface area contributed by atoms with Crippen molar-refractivity contribution in [2.24, 2.45) is 5.73 Å².